The average molecular weight is 389 g/mol. The van der Waals surface area contributed by atoms with Gasteiger partial charge in [0.1, 0.15) is 12.4 Å². The van der Waals surface area contributed by atoms with Gasteiger partial charge in [0.25, 0.3) is 0 Å². The zero-order valence-corrected chi connectivity index (χ0v) is 14.4. The number of aromatic nitrogens is 3. The zero-order valence-electron chi connectivity index (χ0n) is 12.0. The largest absolute Gasteiger partial charge is 0.486 e. The van der Waals surface area contributed by atoms with Gasteiger partial charge in [-0.3, -0.25) is 0 Å². The Hall–Kier alpha value is -2.25. The van der Waals surface area contributed by atoms with Gasteiger partial charge in [-0.1, -0.05) is 46.3 Å². The lowest BCUT2D eigenvalue weighted by Crippen LogP contribution is -2.04. The molecular formula is C16H13BrN4OS. The molecular weight excluding hydrogens is 376 g/mol. The van der Waals surface area contributed by atoms with Crippen LogP contribution in [0.4, 0.5) is 0 Å². The molecule has 0 saturated heterocycles. The van der Waals surface area contributed by atoms with Gasteiger partial charge in [-0.05, 0) is 42.0 Å². The lowest BCUT2D eigenvalue weighted by Gasteiger charge is -2.04. The monoisotopic (exact) mass is 388 g/mol. The molecule has 0 atom stereocenters. The fourth-order valence-corrected chi connectivity index (χ4v) is 2.53. The van der Waals surface area contributed by atoms with E-state index in [1.165, 1.54) is 0 Å². The van der Waals surface area contributed by atoms with E-state index in [0.29, 0.717) is 10.6 Å². The smallest absolute Gasteiger partial charge is 0.216 e. The molecule has 0 saturated carbocycles. The first-order valence-electron chi connectivity index (χ1n) is 6.86. The van der Waals surface area contributed by atoms with Crippen LogP contribution in [0.25, 0.3) is 0 Å². The van der Waals surface area contributed by atoms with Crippen molar-refractivity contribution in [2.24, 2.45) is 5.10 Å². The summed E-state index contributed by atoms with van der Waals surface area (Å²) < 4.78 is 8.65. The summed E-state index contributed by atoms with van der Waals surface area (Å²) in [5.41, 5.74) is 0.956. The van der Waals surface area contributed by atoms with Crippen LogP contribution in [0.5, 0.6) is 5.75 Å². The van der Waals surface area contributed by atoms with Crippen molar-refractivity contribution < 1.29 is 4.74 Å². The van der Waals surface area contributed by atoms with Crippen molar-refractivity contribution in [1.82, 2.24) is 14.9 Å². The molecule has 116 valence electrons. The quantitative estimate of drug-likeness (QED) is 0.527. The number of aromatic amines is 1. The highest BCUT2D eigenvalue weighted by atomic mass is 79.9. The molecule has 3 aromatic rings. The number of nitrogens with one attached hydrogen (secondary N) is 1. The van der Waals surface area contributed by atoms with Crippen LogP contribution in [-0.4, -0.2) is 21.1 Å². The summed E-state index contributed by atoms with van der Waals surface area (Å²) in [6, 6.07) is 17.4. The molecule has 0 spiro atoms. The minimum Gasteiger partial charge on any atom is -0.486 e. The first-order valence-corrected chi connectivity index (χ1v) is 8.06. The third-order valence-corrected chi connectivity index (χ3v) is 3.76. The predicted octanol–water partition coefficient (Wildman–Crippen LogP) is 4.16. The van der Waals surface area contributed by atoms with Crippen molar-refractivity contribution in [2.45, 2.75) is 6.61 Å². The molecule has 0 fully saturated rings. The third-order valence-electron chi connectivity index (χ3n) is 3.00. The minimum atomic E-state index is 0.271. The molecule has 7 heteroatoms. The number of para-hydroxylation sites is 1. The standard InChI is InChI=1S/C16H13BrN4OS/c17-13-6-4-5-12(9-13)10-18-21-15(19-20-16(21)23)11-22-14-7-2-1-3-8-14/h1-10H,11H2,(H,20,23)/b18-10-. The molecule has 0 aliphatic heterocycles. The molecule has 0 unspecified atom stereocenters. The lowest BCUT2D eigenvalue weighted by molar-refractivity contribution is 0.290. The van der Waals surface area contributed by atoms with Crippen LogP contribution in [0.1, 0.15) is 11.4 Å². The molecule has 5 nitrogen and oxygen atoms in total. The van der Waals surface area contributed by atoms with Gasteiger partial charge in [-0.15, -0.1) is 0 Å². The van der Waals surface area contributed by atoms with E-state index >= 15 is 0 Å². The van der Waals surface area contributed by atoms with Crippen LogP contribution in [-0.2, 0) is 6.61 Å². The van der Waals surface area contributed by atoms with Crippen molar-refractivity contribution in [2.75, 3.05) is 0 Å². The zero-order chi connectivity index (χ0) is 16.1. The SMILES string of the molecule is S=c1[nH]nc(COc2ccccc2)n1/N=C\c1cccc(Br)c1. The van der Waals surface area contributed by atoms with Crippen LogP contribution in [0.15, 0.2) is 64.2 Å². The summed E-state index contributed by atoms with van der Waals surface area (Å²) >= 11 is 8.64. The normalized spacial score (nSPS) is 11.0. The lowest BCUT2D eigenvalue weighted by atomic mass is 10.2. The molecule has 1 N–H and O–H groups in total. The van der Waals surface area contributed by atoms with Gasteiger partial charge in [0.2, 0.25) is 4.77 Å². The van der Waals surface area contributed by atoms with E-state index < -0.39 is 0 Å². The Morgan fingerprint density at radius 3 is 2.83 bits per heavy atom. The summed E-state index contributed by atoms with van der Waals surface area (Å²) in [5.74, 6) is 1.37. The number of nitrogens with zero attached hydrogens (tertiary/aromatic N) is 3. The number of ether oxygens (including phenoxy) is 1. The Labute approximate surface area is 146 Å². The molecule has 0 aliphatic rings. The third kappa shape index (κ3) is 4.14. The Morgan fingerprint density at radius 2 is 2.04 bits per heavy atom. The number of hydrogen-bond acceptors (Lipinski definition) is 4. The highest BCUT2D eigenvalue weighted by Crippen LogP contribution is 2.12. The van der Waals surface area contributed by atoms with E-state index in [9.17, 15) is 0 Å². The Bertz CT molecular complexity index is 873. The fourth-order valence-electron chi connectivity index (χ4n) is 1.91. The van der Waals surface area contributed by atoms with Crippen LogP contribution in [0.3, 0.4) is 0 Å². The van der Waals surface area contributed by atoms with E-state index in [-0.39, 0.29) is 6.61 Å². The van der Waals surface area contributed by atoms with Crippen molar-refractivity contribution in [3.05, 3.63) is 75.2 Å². The molecule has 1 aromatic heterocycles. The molecule has 23 heavy (non-hydrogen) atoms. The van der Waals surface area contributed by atoms with Crippen LogP contribution >= 0.6 is 28.1 Å². The topological polar surface area (TPSA) is 55.2 Å². The van der Waals surface area contributed by atoms with Gasteiger partial charge in [0.15, 0.2) is 5.82 Å². The minimum absolute atomic E-state index is 0.271. The Balaban J connectivity index is 1.77. The van der Waals surface area contributed by atoms with E-state index in [0.717, 1.165) is 15.8 Å². The molecule has 2 aromatic carbocycles. The van der Waals surface area contributed by atoms with Gasteiger partial charge in [-0.25, -0.2) is 5.10 Å². The van der Waals surface area contributed by atoms with Crippen LogP contribution in [0, 0.1) is 4.77 Å². The predicted molar refractivity (Wildman–Crippen MR) is 95.3 cm³/mol. The first-order chi connectivity index (χ1) is 11.2. The van der Waals surface area contributed by atoms with Gasteiger partial charge in [-0.2, -0.15) is 14.9 Å². The number of H-pyrrole nitrogens is 1. The van der Waals surface area contributed by atoms with Gasteiger partial charge >= 0.3 is 0 Å². The second-order valence-corrected chi connectivity index (χ2v) is 5.96. The highest BCUT2D eigenvalue weighted by molar-refractivity contribution is 9.10. The van der Waals surface area contributed by atoms with Gasteiger partial charge in [0.05, 0.1) is 6.21 Å². The summed E-state index contributed by atoms with van der Waals surface area (Å²) in [4.78, 5) is 0. The Kier molecular flexibility index (Phi) is 4.99. The molecule has 0 aliphatic carbocycles. The van der Waals surface area contributed by atoms with Crippen molar-refractivity contribution in [3.63, 3.8) is 0 Å². The average Bonchev–Trinajstić information content (AvgIpc) is 2.92. The van der Waals surface area contributed by atoms with E-state index in [1.807, 2.05) is 54.6 Å². The maximum atomic E-state index is 5.69. The number of benzene rings is 2. The van der Waals surface area contributed by atoms with E-state index in [2.05, 4.69) is 31.2 Å². The first kappa shape index (κ1) is 15.6. The van der Waals surface area contributed by atoms with Crippen molar-refractivity contribution in [1.29, 1.82) is 0 Å². The molecule has 0 bridgehead atoms. The number of rotatable bonds is 5. The summed E-state index contributed by atoms with van der Waals surface area (Å²) in [5, 5.41) is 11.3. The maximum absolute atomic E-state index is 5.69. The van der Waals surface area contributed by atoms with E-state index in [4.69, 9.17) is 17.0 Å². The summed E-state index contributed by atoms with van der Waals surface area (Å²) in [7, 11) is 0. The molecule has 3 rings (SSSR count). The van der Waals surface area contributed by atoms with Crippen molar-refractivity contribution in [3.8, 4) is 5.75 Å². The second-order valence-electron chi connectivity index (χ2n) is 4.66. The summed E-state index contributed by atoms with van der Waals surface area (Å²) in [6.45, 7) is 0.271. The summed E-state index contributed by atoms with van der Waals surface area (Å²) in [6.07, 6.45) is 1.72. The molecule has 0 amide bonds. The maximum Gasteiger partial charge on any atom is 0.216 e. The van der Waals surface area contributed by atoms with Crippen LogP contribution < -0.4 is 4.74 Å². The number of halogens is 1. The Morgan fingerprint density at radius 1 is 1.22 bits per heavy atom. The van der Waals surface area contributed by atoms with E-state index in [1.54, 1.807) is 10.9 Å². The van der Waals surface area contributed by atoms with Crippen LogP contribution in [0.2, 0.25) is 0 Å². The second kappa shape index (κ2) is 7.34. The fraction of sp³-hybridized carbons (Fsp3) is 0.0625. The van der Waals surface area contributed by atoms with Gasteiger partial charge < -0.3 is 4.74 Å². The molecule has 1 heterocycles. The molecule has 0 radical (unpaired) electrons. The van der Waals surface area contributed by atoms with Gasteiger partial charge in [0, 0.05) is 4.47 Å². The number of hydrogen-bond donors (Lipinski definition) is 1. The van der Waals surface area contributed by atoms with Crippen molar-refractivity contribution >= 4 is 34.4 Å². The highest BCUT2D eigenvalue weighted by Gasteiger charge is 2.06.